The van der Waals surface area contributed by atoms with Crippen LogP contribution < -0.4 is 5.32 Å². The molecule has 0 heterocycles. The molecular formula is C11H14ClN3O4. The summed E-state index contributed by atoms with van der Waals surface area (Å²) in [6, 6.07) is 2.12. The van der Waals surface area contributed by atoms with E-state index in [1.54, 1.807) is 0 Å². The highest BCUT2D eigenvalue weighted by atomic mass is 35.5. The summed E-state index contributed by atoms with van der Waals surface area (Å²) in [5, 5.41) is 22.6. The van der Waals surface area contributed by atoms with Gasteiger partial charge in [0.2, 0.25) is 0 Å². The molecule has 0 bridgehead atoms. The van der Waals surface area contributed by atoms with Gasteiger partial charge in [-0.05, 0) is 14.1 Å². The maximum atomic E-state index is 11.1. The van der Waals surface area contributed by atoms with Crippen LogP contribution in [0.25, 0.3) is 0 Å². The Morgan fingerprint density at radius 3 is 2.63 bits per heavy atom. The molecule has 7 nitrogen and oxygen atoms in total. The lowest BCUT2D eigenvalue weighted by atomic mass is 10.1. The molecule has 19 heavy (non-hydrogen) atoms. The van der Waals surface area contributed by atoms with Crippen LogP contribution in [0.3, 0.4) is 0 Å². The molecular weight excluding hydrogens is 274 g/mol. The Balaban J connectivity index is 3.08. The Morgan fingerprint density at radius 1 is 1.53 bits per heavy atom. The summed E-state index contributed by atoms with van der Waals surface area (Å²) in [7, 11) is 3.74. The van der Waals surface area contributed by atoms with Gasteiger partial charge in [0.15, 0.2) is 0 Å². The van der Waals surface area contributed by atoms with Gasteiger partial charge in [0, 0.05) is 25.2 Å². The van der Waals surface area contributed by atoms with Gasteiger partial charge in [-0.15, -0.1) is 0 Å². The van der Waals surface area contributed by atoms with Crippen LogP contribution in [0.1, 0.15) is 10.4 Å². The average Bonchev–Trinajstić information content (AvgIpc) is 2.29. The summed E-state index contributed by atoms with van der Waals surface area (Å²) in [4.78, 5) is 23.0. The van der Waals surface area contributed by atoms with Crippen molar-refractivity contribution in [1.82, 2.24) is 4.90 Å². The highest BCUT2D eigenvalue weighted by Crippen LogP contribution is 2.31. The predicted octanol–water partition coefficient (Wildman–Crippen LogP) is 1.92. The molecule has 1 aromatic rings. The largest absolute Gasteiger partial charge is 0.478 e. The normalized spacial score (nSPS) is 10.5. The predicted molar refractivity (Wildman–Crippen MR) is 72.1 cm³/mol. The lowest BCUT2D eigenvalue weighted by molar-refractivity contribution is -0.384. The fourth-order valence-corrected chi connectivity index (χ4v) is 1.73. The molecule has 0 aliphatic heterocycles. The van der Waals surface area contributed by atoms with E-state index in [2.05, 4.69) is 5.32 Å². The summed E-state index contributed by atoms with van der Waals surface area (Å²) in [5.41, 5.74) is -0.361. The number of carbonyl (C=O) groups is 1. The van der Waals surface area contributed by atoms with E-state index in [4.69, 9.17) is 16.7 Å². The van der Waals surface area contributed by atoms with Crippen LogP contribution >= 0.6 is 11.6 Å². The smallest absolute Gasteiger partial charge is 0.338 e. The van der Waals surface area contributed by atoms with E-state index in [0.717, 1.165) is 12.1 Å². The minimum atomic E-state index is -1.27. The maximum absolute atomic E-state index is 11.1. The van der Waals surface area contributed by atoms with Gasteiger partial charge in [0.05, 0.1) is 21.2 Å². The molecule has 0 aliphatic rings. The first-order valence-corrected chi connectivity index (χ1v) is 5.80. The number of nitro benzene ring substituents is 1. The second-order valence-electron chi connectivity index (χ2n) is 4.14. The van der Waals surface area contributed by atoms with E-state index in [1.165, 1.54) is 0 Å². The highest BCUT2D eigenvalue weighted by Gasteiger charge is 2.19. The monoisotopic (exact) mass is 287 g/mol. The van der Waals surface area contributed by atoms with Crippen molar-refractivity contribution in [3.63, 3.8) is 0 Å². The second kappa shape index (κ2) is 6.35. The summed E-state index contributed by atoms with van der Waals surface area (Å²) in [6.07, 6.45) is 0. The first kappa shape index (κ1) is 15.2. The Morgan fingerprint density at radius 2 is 2.16 bits per heavy atom. The van der Waals surface area contributed by atoms with Crippen molar-refractivity contribution >= 4 is 28.9 Å². The number of halogens is 1. The standard InChI is InChI=1S/C11H14ClN3O4/c1-14(2)4-3-13-10-8(11(16)17)5-7(15(18)19)6-9(10)12/h5-6,13H,3-4H2,1-2H3,(H,16,17). The Kier molecular flexibility index (Phi) is 5.08. The van der Waals surface area contributed by atoms with Crippen LogP contribution in [-0.2, 0) is 0 Å². The summed E-state index contributed by atoms with van der Waals surface area (Å²) in [6.45, 7) is 1.15. The fraction of sp³-hybridized carbons (Fsp3) is 0.364. The van der Waals surface area contributed by atoms with Gasteiger partial charge in [0.1, 0.15) is 0 Å². The van der Waals surface area contributed by atoms with Crippen molar-refractivity contribution in [2.75, 3.05) is 32.5 Å². The summed E-state index contributed by atoms with van der Waals surface area (Å²) < 4.78 is 0. The summed E-state index contributed by atoms with van der Waals surface area (Å²) >= 11 is 5.89. The number of nitrogens with one attached hydrogen (secondary N) is 1. The van der Waals surface area contributed by atoms with Crippen molar-refractivity contribution in [3.05, 3.63) is 32.8 Å². The lowest BCUT2D eigenvalue weighted by Crippen LogP contribution is -2.21. The van der Waals surface area contributed by atoms with Crippen molar-refractivity contribution < 1.29 is 14.8 Å². The van der Waals surface area contributed by atoms with Crippen LogP contribution in [0.15, 0.2) is 12.1 Å². The number of hydrogen-bond acceptors (Lipinski definition) is 5. The Labute approximate surface area is 114 Å². The molecule has 0 atom stereocenters. The first-order chi connectivity index (χ1) is 8.82. The lowest BCUT2D eigenvalue weighted by Gasteiger charge is -2.14. The molecule has 0 unspecified atom stereocenters. The molecule has 1 aromatic carbocycles. The SMILES string of the molecule is CN(C)CCNc1c(Cl)cc([N+](=O)[O-])cc1C(=O)O. The summed E-state index contributed by atoms with van der Waals surface area (Å²) in [5.74, 6) is -1.27. The molecule has 0 amide bonds. The molecule has 0 saturated heterocycles. The van der Waals surface area contributed by atoms with Gasteiger partial charge in [-0.3, -0.25) is 10.1 Å². The van der Waals surface area contributed by atoms with Crippen LogP contribution in [0.2, 0.25) is 5.02 Å². The third-order valence-electron chi connectivity index (χ3n) is 2.38. The molecule has 0 aliphatic carbocycles. The molecule has 1 rings (SSSR count). The number of carboxylic acid groups (broad SMARTS) is 1. The molecule has 0 radical (unpaired) electrons. The van der Waals surface area contributed by atoms with Crippen LogP contribution in [0.4, 0.5) is 11.4 Å². The van der Waals surface area contributed by atoms with E-state index in [1.807, 2.05) is 19.0 Å². The molecule has 0 aromatic heterocycles. The molecule has 2 N–H and O–H groups in total. The Bertz CT molecular complexity index is 505. The van der Waals surface area contributed by atoms with Gasteiger partial charge in [-0.1, -0.05) is 11.6 Å². The van der Waals surface area contributed by atoms with E-state index < -0.39 is 10.9 Å². The number of nitrogens with zero attached hydrogens (tertiary/aromatic N) is 2. The molecule has 0 saturated carbocycles. The number of carboxylic acids is 1. The van der Waals surface area contributed by atoms with Crippen LogP contribution in [0.5, 0.6) is 0 Å². The number of hydrogen-bond donors (Lipinski definition) is 2. The topological polar surface area (TPSA) is 95.7 Å². The fourth-order valence-electron chi connectivity index (χ4n) is 1.45. The van der Waals surface area contributed by atoms with Gasteiger partial charge < -0.3 is 15.3 Å². The molecule has 8 heteroatoms. The Hall–Kier alpha value is -1.86. The number of aromatic carboxylic acids is 1. The van der Waals surface area contributed by atoms with E-state index >= 15 is 0 Å². The minimum Gasteiger partial charge on any atom is -0.478 e. The first-order valence-electron chi connectivity index (χ1n) is 5.42. The quantitative estimate of drug-likeness (QED) is 0.613. The molecule has 0 spiro atoms. The van der Waals surface area contributed by atoms with Crippen molar-refractivity contribution in [2.45, 2.75) is 0 Å². The van der Waals surface area contributed by atoms with Crippen LogP contribution in [0, 0.1) is 10.1 Å². The van der Waals surface area contributed by atoms with Crippen molar-refractivity contribution in [2.24, 2.45) is 0 Å². The number of benzene rings is 1. The van der Waals surface area contributed by atoms with Gasteiger partial charge in [-0.25, -0.2) is 4.79 Å². The zero-order valence-electron chi connectivity index (χ0n) is 10.5. The maximum Gasteiger partial charge on any atom is 0.338 e. The number of rotatable bonds is 6. The van der Waals surface area contributed by atoms with Crippen molar-refractivity contribution in [1.29, 1.82) is 0 Å². The highest BCUT2D eigenvalue weighted by molar-refractivity contribution is 6.34. The number of non-ortho nitro benzene ring substituents is 1. The zero-order chi connectivity index (χ0) is 14.6. The van der Waals surface area contributed by atoms with Crippen LogP contribution in [-0.4, -0.2) is 48.1 Å². The van der Waals surface area contributed by atoms with Crippen molar-refractivity contribution in [3.8, 4) is 0 Å². The van der Waals surface area contributed by atoms with Gasteiger partial charge in [0.25, 0.3) is 5.69 Å². The van der Waals surface area contributed by atoms with E-state index in [0.29, 0.717) is 13.1 Å². The van der Waals surface area contributed by atoms with E-state index in [-0.39, 0.29) is 22.0 Å². The number of nitro groups is 1. The van der Waals surface area contributed by atoms with Gasteiger partial charge >= 0.3 is 5.97 Å². The average molecular weight is 288 g/mol. The zero-order valence-corrected chi connectivity index (χ0v) is 11.3. The number of likely N-dealkylation sites (N-methyl/N-ethyl adjacent to an activating group) is 1. The third kappa shape index (κ3) is 4.08. The van der Waals surface area contributed by atoms with Gasteiger partial charge in [-0.2, -0.15) is 0 Å². The van der Waals surface area contributed by atoms with E-state index in [9.17, 15) is 14.9 Å². The molecule has 0 fully saturated rings. The molecule has 104 valence electrons. The number of anilines is 1. The minimum absolute atomic E-state index is 0.0188. The second-order valence-corrected chi connectivity index (χ2v) is 4.55. The third-order valence-corrected chi connectivity index (χ3v) is 2.68.